The van der Waals surface area contributed by atoms with Crippen LogP contribution in [0.3, 0.4) is 0 Å². The maximum Gasteiger partial charge on any atom is 0.264 e. The van der Waals surface area contributed by atoms with Crippen molar-refractivity contribution in [1.82, 2.24) is 24.9 Å². The van der Waals surface area contributed by atoms with Crippen LogP contribution in [0.2, 0.25) is 5.15 Å². The Balaban J connectivity index is 1.83. The van der Waals surface area contributed by atoms with Crippen molar-refractivity contribution in [3.8, 4) is 28.9 Å². The van der Waals surface area contributed by atoms with Crippen LogP contribution < -0.4 is 14.2 Å². The molecule has 0 fully saturated rings. The molecule has 162 valence electrons. The third-order valence-electron chi connectivity index (χ3n) is 4.05. The first kappa shape index (κ1) is 21.4. The highest BCUT2D eigenvalue weighted by molar-refractivity contribution is 7.92. The number of nitrogens with one attached hydrogen (secondary N) is 1. The van der Waals surface area contributed by atoms with Crippen LogP contribution in [-0.2, 0) is 10.0 Å². The molecule has 4 rings (SSSR count). The molecule has 32 heavy (non-hydrogen) atoms. The van der Waals surface area contributed by atoms with E-state index >= 15 is 0 Å². The topological polar surface area (TPSA) is 129 Å². The van der Waals surface area contributed by atoms with E-state index in [4.69, 9.17) is 21.1 Å². The lowest BCUT2D eigenvalue weighted by Crippen LogP contribution is -2.16. The molecular formula is C20H15ClN6O4S. The van der Waals surface area contributed by atoms with Gasteiger partial charge in [-0.15, -0.1) is 0 Å². The molecule has 0 saturated carbocycles. The molecule has 0 unspecified atom stereocenters. The molecule has 0 atom stereocenters. The summed E-state index contributed by atoms with van der Waals surface area (Å²) in [6, 6.07) is 11.3. The van der Waals surface area contributed by atoms with Gasteiger partial charge in [-0.05, 0) is 30.3 Å². The quantitative estimate of drug-likeness (QED) is 0.403. The lowest BCUT2D eigenvalue weighted by molar-refractivity contribution is 0.378. The molecule has 10 nitrogen and oxygen atoms in total. The van der Waals surface area contributed by atoms with E-state index in [1.54, 1.807) is 30.3 Å². The van der Waals surface area contributed by atoms with Gasteiger partial charge in [0.05, 0.1) is 7.11 Å². The van der Waals surface area contributed by atoms with Crippen LogP contribution in [0.25, 0.3) is 11.6 Å². The zero-order chi connectivity index (χ0) is 22.6. The molecule has 0 aliphatic heterocycles. The molecule has 0 aliphatic rings. The smallest absolute Gasteiger partial charge is 0.264 e. The summed E-state index contributed by atoms with van der Waals surface area (Å²) in [5, 5.41) is -0.155. The highest BCUT2D eigenvalue weighted by Crippen LogP contribution is 2.39. The maximum atomic E-state index is 12.9. The molecule has 3 aromatic heterocycles. The van der Waals surface area contributed by atoms with Crippen molar-refractivity contribution in [2.75, 3.05) is 11.8 Å². The lowest BCUT2D eigenvalue weighted by Gasteiger charge is -2.15. The minimum absolute atomic E-state index is 0.00635. The van der Waals surface area contributed by atoms with Gasteiger partial charge in [0.1, 0.15) is 4.90 Å². The van der Waals surface area contributed by atoms with E-state index in [9.17, 15) is 8.42 Å². The number of para-hydroxylation sites is 2. The van der Waals surface area contributed by atoms with Gasteiger partial charge < -0.3 is 9.47 Å². The zero-order valence-electron chi connectivity index (χ0n) is 16.5. The fraction of sp³-hybridized carbons (Fsp3) is 0.0500. The van der Waals surface area contributed by atoms with Gasteiger partial charge in [0.2, 0.25) is 11.6 Å². The largest absolute Gasteiger partial charge is 0.493 e. The second kappa shape index (κ2) is 9.12. The first-order valence-electron chi connectivity index (χ1n) is 9.06. The number of rotatable bonds is 7. The van der Waals surface area contributed by atoms with Crippen LogP contribution in [0.5, 0.6) is 17.2 Å². The van der Waals surface area contributed by atoms with E-state index in [0.717, 1.165) is 0 Å². The third-order valence-corrected chi connectivity index (χ3v) is 5.63. The van der Waals surface area contributed by atoms with Crippen LogP contribution >= 0.6 is 11.6 Å². The minimum atomic E-state index is -4.07. The highest BCUT2D eigenvalue weighted by atomic mass is 35.5. The lowest BCUT2D eigenvalue weighted by atomic mass is 10.3. The standard InChI is InChI=1S/C20H15ClN6O4S/c1-30-14-7-2-3-8-15(14)31-16-17(21)25-20(19-23-10-5-11-24-19)26-18(16)27-32(28,29)13-6-4-9-22-12-13/h2-12H,1H3,(H,25,26,27). The van der Waals surface area contributed by atoms with Gasteiger partial charge in [-0.3, -0.25) is 9.71 Å². The zero-order valence-corrected chi connectivity index (χ0v) is 18.1. The van der Waals surface area contributed by atoms with Gasteiger partial charge in [-0.25, -0.2) is 28.4 Å². The Kier molecular flexibility index (Phi) is 6.10. The van der Waals surface area contributed by atoms with Gasteiger partial charge in [0.25, 0.3) is 10.0 Å². The van der Waals surface area contributed by atoms with Gasteiger partial charge >= 0.3 is 0 Å². The fourth-order valence-corrected chi connectivity index (χ4v) is 3.78. The summed E-state index contributed by atoms with van der Waals surface area (Å²) >= 11 is 6.39. The second-order valence-corrected chi connectivity index (χ2v) is 8.18. The van der Waals surface area contributed by atoms with E-state index in [-0.39, 0.29) is 39.0 Å². The average Bonchev–Trinajstić information content (AvgIpc) is 2.82. The first-order valence-corrected chi connectivity index (χ1v) is 10.9. The molecule has 4 aromatic rings. The number of hydrogen-bond donors (Lipinski definition) is 1. The van der Waals surface area contributed by atoms with Crippen LogP contribution in [0.4, 0.5) is 5.82 Å². The summed E-state index contributed by atoms with van der Waals surface area (Å²) in [4.78, 5) is 20.4. The Morgan fingerprint density at radius 3 is 2.34 bits per heavy atom. The molecule has 12 heteroatoms. The van der Waals surface area contributed by atoms with Crippen molar-refractivity contribution in [3.63, 3.8) is 0 Å². The number of sulfonamides is 1. The number of nitrogens with zero attached hydrogens (tertiary/aromatic N) is 5. The number of methoxy groups -OCH3 is 1. The molecule has 0 saturated heterocycles. The van der Waals surface area contributed by atoms with E-state index in [1.807, 2.05) is 0 Å². The third kappa shape index (κ3) is 4.58. The van der Waals surface area contributed by atoms with Crippen molar-refractivity contribution in [1.29, 1.82) is 0 Å². The normalized spacial score (nSPS) is 11.1. The number of anilines is 1. The van der Waals surface area contributed by atoms with Crippen LogP contribution in [0, 0.1) is 0 Å². The summed E-state index contributed by atoms with van der Waals surface area (Å²) in [6.45, 7) is 0. The van der Waals surface area contributed by atoms with E-state index in [1.165, 1.54) is 44.0 Å². The number of ether oxygens (including phenoxy) is 2. The maximum absolute atomic E-state index is 12.9. The molecule has 1 aromatic carbocycles. The summed E-state index contributed by atoms with van der Waals surface area (Å²) in [5.74, 6) is 0.517. The molecule has 3 heterocycles. The fourth-order valence-electron chi connectivity index (χ4n) is 2.60. The van der Waals surface area contributed by atoms with Gasteiger partial charge in [-0.1, -0.05) is 23.7 Å². The van der Waals surface area contributed by atoms with Crippen LogP contribution in [-0.4, -0.2) is 40.4 Å². The van der Waals surface area contributed by atoms with Crippen molar-refractivity contribution >= 4 is 27.4 Å². The summed E-state index contributed by atoms with van der Waals surface area (Å²) in [7, 11) is -2.60. The van der Waals surface area contributed by atoms with E-state index in [0.29, 0.717) is 5.75 Å². The van der Waals surface area contributed by atoms with Crippen LogP contribution in [0.15, 0.2) is 72.1 Å². The SMILES string of the molecule is COc1ccccc1Oc1c(Cl)nc(-c2ncccn2)nc1NS(=O)(=O)c1cccnc1. The predicted molar refractivity (Wildman–Crippen MR) is 116 cm³/mol. The van der Waals surface area contributed by atoms with Crippen molar-refractivity contribution in [2.45, 2.75) is 4.90 Å². The number of halogens is 1. The predicted octanol–water partition coefficient (Wildman–Crippen LogP) is 3.58. The van der Waals surface area contributed by atoms with Gasteiger partial charge in [-0.2, -0.15) is 0 Å². The van der Waals surface area contributed by atoms with Crippen LogP contribution in [0.1, 0.15) is 0 Å². The van der Waals surface area contributed by atoms with E-state index in [2.05, 4.69) is 29.6 Å². The minimum Gasteiger partial charge on any atom is -0.493 e. The molecule has 1 N–H and O–H groups in total. The Bertz CT molecular complexity index is 1340. The number of pyridine rings is 1. The Morgan fingerprint density at radius 1 is 0.906 bits per heavy atom. The van der Waals surface area contributed by atoms with Gasteiger partial charge in [0.15, 0.2) is 28.3 Å². The summed E-state index contributed by atoms with van der Waals surface area (Å²) in [5.41, 5.74) is 0. The molecular weight excluding hydrogens is 456 g/mol. The Hall–Kier alpha value is -3.83. The summed E-state index contributed by atoms with van der Waals surface area (Å²) < 4.78 is 39.4. The average molecular weight is 471 g/mol. The highest BCUT2D eigenvalue weighted by Gasteiger charge is 2.24. The van der Waals surface area contributed by atoms with Crippen molar-refractivity contribution < 1.29 is 17.9 Å². The Morgan fingerprint density at radius 2 is 1.66 bits per heavy atom. The number of benzene rings is 1. The molecule has 0 amide bonds. The molecule has 0 spiro atoms. The van der Waals surface area contributed by atoms with Crippen molar-refractivity contribution in [2.24, 2.45) is 0 Å². The Labute approximate surface area is 188 Å². The van der Waals surface area contributed by atoms with Gasteiger partial charge in [0, 0.05) is 24.8 Å². The summed E-state index contributed by atoms with van der Waals surface area (Å²) in [6.07, 6.45) is 5.66. The number of hydrogen-bond acceptors (Lipinski definition) is 9. The molecule has 0 aliphatic carbocycles. The van der Waals surface area contributed by atoms with E-state index < -0.39 is 10.0 Å². The number of aromatic nitrogens is 5. The second-order valence-electron chi connectivity index (χ2n) is 6.14. The van der Waals surface area contributed by atoms with Crippen molar-refractivity contribution in [3.05, 3.63) is 72.4 Å². The first-order chi connectivity index (χ1) is 15.5. The monoisotopic (exact) mass is 470 g/mol. The molecule has 0 bridgehead atoms. The molecule has 0 radical (unpaired) electrons.